The van der Waals surface area contributed by atoms with Gasteiger partial charge in [-0.1, -0.05) is 18.2 Å². The summed E-state index contributed by atoms with van der Waals surface area (Å²) in [4.78, 5) is 1.69. The highest BCUT2D eigenvalue weighted by atomic mass is 19.4. The van der Waals surface area contributed by atoms with Crippen LogP contribution in [0.1, 0.15) is 0 Å². The molecule has 0 saturated carbocycles. The summed E-state index contributed by atoms with van der Waals surface area (Å²) in [7, 11) is 3.45. The molecule has 2 rings (SSSR count). The van der Waals surface area contributed by atoms with E-state index in [9.17, 15) is 17.6 Å². The summed E-state index contributed by atoms with van der Waals surface area (Å²) in [5.41, 5.74) is 1.10. The van der Waals surface area contributed by atoms with Crippen molar-refractivity contribution >= 4 is 5.69 Å². The van der Waals surface area contributed by atoms with E-state index in [-0.39, 0.29) is 11.3 Å². The topological polar surface area (TPSA) is 12.5 Å². The fourth-order valence-electron chi connectivity index (χ4n) is 2.02. The number of alkyl halides is 3. The second-order valence-electron chi connectivity index (χ2n) is 4.60. The predicted molar refractivity (Wildman–Crippen MR) is 72.8 cm³/mol. The number of para-hydroxylation sites is 1. The summed E-state index contributed by atoms with van der Waals surface area (Å²) in [6.45, 7) is 0. The normalized spacial score (nSPS) is 11.3. The molecule has 112 valence electrons. The standard InChI is InChI=1S/C15H13F4NO/c1-20(2)13-8-7-10(16)9-12(13)11-5-3-4-6-14(11)21-15(17,18)19/h3-9H,1-2H3. The van der Waals surface area contributed by atoms with E-state index in [0.29, 0.717) is 11.3 Å². The van der Waals surface area contributed by atoms with Gasteiger partial charge < -0.3 is 9.64 Å². The van der Waals surface area contributed by atoms with E-state index in [1.54, 1.807) is 25.1 Å². The Morgan fingerprint density at radius 1 is 0.952 bits per heavy atom. The molecule has 0 heterocycles. The first-order valence-corrected chi connectivity index (χ1v) is 6.10. The van der Waals surface area contributed by atoms with Crippen LogP contribution in [0.25, 0.3) is 11.1 Å². The van der Waals surface area contributed by atoms with Crippen LogP contribution in [0, 0.1) is 5.82 Å². The molecule has 2 nitrogen and oxygen atoms in total. The van der Waals surface area contributed by atoms with Crippen molar-refractivity contribution in [2.75, 3.05) is 19.0 Å². The zero-order valence-electron chi connectivity index (χ0n) is 11.4. The lowest BCUT2D eigenvalue weighted by Crippen LogP contribution is -2.18. The van der Waals surface area contributed by atoms with Gasteiger partial charge in [-0.3, -0.25) is 0 Å². The lowest BCUT2D eigenvalue weighted by atomic mass is 10.0. The number of rotatable bonds is 3. The Morgan fingerprint density at radius 2 is 1.62 bits per heavy atom. The van der Waals surface area contributed by atoms with Gasteiger partial charge in [-0.2, -0.15) is 0 Å². The van der Waals surface area contributed by atoms with E-state index in [1.807, 2.05) is 0 Å². The number of ether oxygens (including phenoxy) is 1. The van der Waals surface area contributed by atoms with Crippen molar-refractivity contribution in [3.05, 3.63) is 48.3 Å². The highest BCUT2D eigenvalue weighted by Gasteiger charge is 2.32. The van der Waals surface area contributed by atoms with Gasteiger partial charge in [-0.15, -0.1) is 13.2 Å². The Morgan fingerprint density at radius 3 is 2.24 bits per heavy atom. The van der Waals surface area contributed by atoms with Crippen molar-refractivity contribution in [3.63, 3.8) is 0 Å². The van der Waals surface area contributed by atoms with Crippen LogP contribution in [0.4, 0.5) is 23.2 Å². The van der Waals surface area contributed by atoms with Crippen molar-refractivity contribution in [1.82, 2.24) is 0 Å². The maximum Gasteiger partial charge on any atom is 0.573 e. The first-order valence-electron chi connectivity index (χ1n) is 6.10. The van der Waals surface area contributed by atoms with Crippen molar-refractivity contribution in [1.29, 1.82) is 0 Å². The molecule has 2 aromatic rings. The molecule has 0 unspecified atom stereocenters. The first kappa shape index (κ1) is 15.2. The summed E-state index contributed by atoms with van der Waals surface area (Å²) in [5.74, 6) is -0.892. The Bertz CT molecular complexity index is 638. The number of benzene rings is 2. The minimum atomic E-state index is -4.80. The minimum absolute atomic E-state index is 0.179. The average molecular weight is 299 g/mol. The van der Waals surface area contributed by atoms with Crippen LogP contribution in [0.5, 0.6) is 5.75 Å². The number of hydrogen-bond donors (Lipinski definition) is 0. The van der Waals surface area contributed by atoms with Crippen LogP contribution in [0.15, 0.2) is 42.5 Å². The van der Waals surface area contributed by atoms with Crippen LogP contribution in [0.2, 0.25) is 0 Å². The van der Waals surface area contributed by atoms with Gasteiger partial charge in [-0.25, -0.2) is 4.39 Å². The second-order valence-corrected chi connectivity index (χ2v) is 4.60. The first-order chi connectivity index (χ1) is 9.78. The van der Waals surface area contributed by atoms with E-state index in [0.717, 1.165) is 0 Å². The molecule has 0 aliphatic rings. The molecular weight excluding hydrogens is 286 g/mol. The molecule has 0 saturated heterocycles. The molecule has 0 aromatic heterocycles. The fraction of sp³-hybridized carbons (Fsp3) is 0.200. The highest BCUT2D eigenvalue weighted by molar-refractivity contribution is 5.82. The average Bonchev–Trinajstić information content (AvgIpc) is 2.37. The largest absolute Gasteiger partial charge is 0.573 e. The van der Waals surface area contributed by atoms with Crippen molar-refractivity contribution in [3.8, 4) is 16.9 Å². The molecule has 0 fully saturated rings. The molecule has 0 N–H and O–H groups in total. The van der Waals surface area contributed by atoms with Crippen molar-refractivity contribution in [2.24, 2.45) is 0 Å². The van der Waals surface area contributed by atoms with Gasteiger partial charge in [0.05, 0.1) is 0 Å². The number of halogens is 4. The SMILES string of the molecule is CN(C)c1ccc(F)cc1-c1ccccc1OC(F)(F)F. The summed E-state index contributed by atoms with van der Waals surface area (Å²) < 4.78 is 54.9. The fourth-order valence-corrected chi connectivity index (χ4v) is 2.02. The molecule has 0 atom stereocenters. The van der Waals surface area contributed by atoms with E-state index >= 15 is 0 Å². The molecule has 0 amide bonds. The van der Waals surface area contributed by atoms with Gasteiger partial charge in [0.1, 0.15) is 11.6 Å². The van der Waals surface area contributed by atoms with E-state index in [2.05, 4.69) is 4.74 Å². The summed E-state index contributed by atoms with van der Waals surface area (Å²) in [5, 5.41) is 0. The second kappa shape index (κ2) is 5.63. The third-order valence-electron chi connectivity index (χ3n) is 2.84. The third kappa shape index (κ3) is 3.65. The number of nitrogens with zero attached hydrogens (tertiary/aromatic N) is 1. The highest BCUT2D eigenvalue weighted by Crippen LogP contribution is 2.38. The minimum Gasteiger partial charge on any atom is -0.405 e. The zero-order chi connectivity index (χ0) is 15.6. The van der Waals surface area contributed by atoms with E-state index < -0.39 is 12.2 Å². The van der Waals surface area contributed by atoms with Gasteiger partial charge in [0.2, 0.25) is 0 Å². The molecular formula is C15H13F4NO. The smallest absolute Gasteiger partial charge is 0.405 e. The van der Waals surface area contributed by atoms with Gasteiger partial charge in [0, 0.05) is 30.9 Å². The maximum absolute atomic E-state index is 13.5. The van der Waals surface area contributed by atoms with Crippen molar-refractivity contribution in [2.45, 2.75) is 6.36 Å². The summed E-state index contributed by atoms with van der Waals surface area (Å²) in [6, 6.07) is 9.62. The summed E-state index contributed by atoms with van der Waals surface area (Å²) in [6.07, 6.45) is -4.80. The molecule has 0 aliphatic carbocycles. The summed E-state index contributed by atoms with van der Waals surface area (Å²) >= 11 is 0. The Kier molecular flexibility index (Phi) is 4.06. The predicted octanol–water partition coefficient (Wildman–Crippen LogP) is 4.46. The van der Waals surface area contributed by atoms with Gasteiger partial charge >= 0.3 is 6.36 Å². The Hall–Kier alpha value is -2.24. The van der Waals surface area contributed by atoms with Crippen LogP contribution >= 0.6 is 0 Å². The number of hydrogen-bond acceptors (Lipinski definition) is 2. The van der Waals surface area contributed by atoms with Gasteiger partial charge in [0.15, 0.2) is 0 Å². The Labute approximate surface area is 119 Å². The molecule has 0 aliphatic heterocycles. The number of anilines is 1. The van der Waals surface area contributed by atoms with Crippen LogP contribution in [0.3, 0.4) is 0 Å². The van der Waals surface area contributed by atoms with Crippen LogP contribution < -0.4 is 9.64 Å². The van der Waals surface area contributed by atoms with Gasteiger partial charge in [0.25, 0.3) is 0 Å². The zero-order valence-corrected chi connectivity index (χ0v) is 11.4. The van der Waals surface area contributed by atoms with Gasteiger partial charge in [-0.05, 0) is 24.3 Å². The lowest BCUT2D eigenvalue weighted by molar-refractivity contribution is -0.274. The van der Waals surface area contributed by atoms with E-state index in [4.69, 9.17) is 0 Å². The third-order valence-corrected chi connectivity index (χ3v) is 2.84. The molecule has 0 spiro atoms. The van der Waals surface area contributed by atoms with Crippen LogP contribution in [-0.2, 0) is 0 Å². The molecule has 2 aromatic carbocycles. The molecule has 0 radical (unpaired) electrons. The Balaban J connectivity index is 2.59. The monoisotopic (exact) mass is 299 g/mol. The maximum atomic E-state index is 13.5. The lowest BCUT2D eigenvalue weighted by Gasteiger charge is -2.20. The molecule has 0 bridgehead atoms. The quantitative estimate of drug-likeness (QED) is 0.776. The van der Waals surface area contributed by atoms with Crippen molar-refractivity contribution < 1.29 is 22.3 Å². The molecule has 21 heavy (non-hydrogen) atoms. The van der Waals surface area contributed by atoms with Crippen LogP contribution in [-0.4, -0.2) is 20.5 Å². The van der Waals surface area contributed by atoms with E-state index in [1.165, 1.54) is 36.4 Å². The molecule has 6 heteroatoms.